The second kappa shape index (κ2) is 3.76. The van der Waals surface area contributed by atoms with Gasteiger partial charge in [0.15, 0.2) is 11.5 Å². The summed E-state index contributed by atoms with van der Waals surface area (Å²) in [6.07, 6.45) is 2.05. The zero-order valence-electron chi connectivity index (χ0n) is 9.62. The summed E-state index contributed by atoms with van der Waals surface area (Å²) in [5.74, 6) is 1.94. The smallest absolute Gasteiger partial charge is 0.248 e. The summed E-state index contributed by atoms with van der Waals surface area (Å²) in [6, 6.07) is 7.85. The molecule has 0 radical (unpaired) electrons. The van der Waals surface area contributed by atoms with Crippen molar-refractivity contribution in [2.45, 2.75) is 39.4 Å². The molecule has 0 saturated heterocycles. The van der Waals surface area contributed by atoms with E-state index in [9.17, 15) is 0 Å². The molecule has 82 valence electrons. The monoisotopic (exact) mass is 206 g/mol. The molecule has 0 aliphatic carbocycles. The van der Waals surface area contributed by atoms with Crippen molar-refractivity contribution in [3.63, 3.8) is 0 Å². The highest BCUT2D eigenvalue weighted by atomic mass is 16.7. The van der Waals surface area contributed by atoms with E-state index in [0.717, 1.165) is 24.3 Å². The normalized spacial score (nSPS) is 17.1. The predicted molar refractivity (Wildman–Crippen MR) is 60.2 cm³/mol. The molecule has 1 aliphatic rings. The molecule has 0 saturated carbocycles. The Kier molecular flexibility index (Phi) is 2.59. The standard InChI is InChI=1S/C13H18O2/c1-10(2)8-9-13(3)14-11-6-4-5-7-12(11)15-13/h4-7,10H,8-9H2,1-3H3. The number of hydrogen-bond donors (Lipinski definition) is 0. The molecule has 1 aromatic rings. The van der Waals surface area contributed by atoms with Crippen LogP contribution in [-0.4, -0.2) is 5.79 Å². The lowest BCUT2D eigenvalue weighted by Crippen LogP contribution is -2.34. The number of hydrogen-bond acceptors (Lipinski definition) is 2. The first-order valence-corrected chi connectivity index (χ1v) is 5.56. The Morgan fingerprint density at radius 2 is 1.67 bits per heavy atom. The van der Waals surface area contributed by atoms with Gasteiger partial charge in [0.25, 0.3) is 0 Å². The Labute approximate surface area is 91.2 Å². The van der Waals surface area contributed by atoms with Crippen molar-refractivity contribution in [2.24, 2.45) is 5.92 Å². The summed E-state index contributed by atoms with van der Waals surface area (Å²) in [6.45, 7) is 6.44. The van der Waals surface area contributed by atoms with Crippen LogP contribution in [0.3, 0.4) is 0 Å². The van der Waals surface area contributed by atoms with Crippen molar-refractivity contribution in [2.75, 3.05) is 0 Å². The molecule has 0 unspecified atom stereocenters. The number of benzene rings is 1. The molecule has 0 N–H and O–H groups in total. The Bertz CT molecular complexity index is 319. The lowest BCUT2D eigenvalue weighted by Gasteiger charge is -2.23. The van der Waals surface area contributed by atoms with Gasteiger partial charge in [0.05, 0.1) is 0 Å². The van der Waals surface area contributed by atoms with Gasteiger partial charge in [-0.15, -0.1) is 0 Å². The van der Waals surface area contributed by atoms with E-state index < -0.39 is 5.79 Å². The fourth-order valence-electron chi connectivity index (χ4n) is 1.76. The minimum atomic E-state index is -0.464. The van der Waals surface area contributed by atoms with Crippen LogP contribution in [0.15, 0.2) is 24.3 Å². The van der Waals surface area contributed by atoms with E-state index in [1.54, 1.807) is 0 Å². The molecule has 0 atom stereocenters. The summed E-state index contributed by atoms with van der Waals surface area (Å²) >= 11 is 0. The summed E-state index contributed by atoms with van der Waals surface area (Å²) in [4.78, 5) is 0. The summed E-state index contributed by atoms with van der Waals surface area (Å²) < 4.78 is 11.6. The average molecular weight is 206 g/mol. The fraction of sp³-hybridized carbons (Fsp3) is 0.538. The van der Waals surface area contributed by atoms with E-state index >= 15 is 0 Å². The Hall–Kier alpha value is -1.18. The number of ether oxygens (including phenoxy) is 2. The Morgan fingerprint density at radius 1 is 1.13 bits per heavy atom. The van der Waals surface area contributed by atoms with Gasteiger partial charge in [0, 0.05) is 13.3 Å². The second-order valence-corrected chi connectivity index (χ2v) is 4.72. The van der Waals surface area contributed by atoms with E-state index in [0.29, 0.717) is 5.92 Å². The highest BCUT2D eigenvalue weighted by Crippen LogP contribution is 2.40. The molecule has 0 aromatic heterocycles. The molecule has 2 nitrogen and oxygen atoms in total. The highest BCUT2D eigenvalue weighted by Gasteiger charge is 2.35. The van der Waals surface area contributed by atoms with Crippen molar-refractivity contribution < 1.29 is 9.47 Å². The minimum Gasteiger partial charge on any atom is -0.449 e. The first kappa shape index (κ1) is 10.3. The van der Waals surface area contributed by atoms with Crippen LogP contribution < -0.4 is 9.47 Å². The lowest BCUT2D eigenvalue weighted by molar-refractivity contribution is -0.0713. The van der Waals surface area contributed by atoms with Gasteiger partial charge in [-0.2, -0.15) is 0 Å². The van der Waals surface area contributed by atoms with Gasteiger partial charge < -0.3 is 9.47 Å². The highest BCUT2D eigenvalue weighted by molar-refractivity contribution is 5.42. The predicted octanol–water partition coefficient (Wildman–Crippen LogP) is 3.61. The number of fused-ring (bicyclic) bond motifs is 1. The van der Waals surface area contributed by atoms with Gasteiger partial charge in [-0.25, -0.2) is 0 Å². The summed E-state index contributed by atoms with van der Waals surface area (Å²) in [5.41, 5.74) is 0. The van der Waals surface area contributed by atoms with Crippen LogP contribution in [-0.2, 0) is 0 Å². The lowest BCUT2D eigenvalue weighted by atomic mass is 10.0. The first-order valence-electron chi connectivity index (χ1n) is 5.56. The van der Waals surface area contributed by atoms with Crippen LogP contribution in [0.5, 0.6) is 11.5 Å². The van der Waals surface area contributed by atoms with Crippen molar-refractivity contribution in [1.29, 1.82) is 0 Å². The van der Waals surface area contributed by atoms with E-state index in [2.05, 4.69) is 13.8 Å². The molecule has 2 rings (SSSR count). The van der Waals surface area contributed by atoms with Crippen LogP contribution >= 0.6 is 0 Å². The van der Waals surface area contributed by atoms with Crippen LogP contribution in [0.25, 0.3) is 0 Å². The molecule has 0 amide bonds. The van der Waals surface area contributed by atoms with Crippen molar-refractivity contribution in [3.8, 4) is 11.5 Å². The zero-order valence-corrected chi connectivity index (χ0v) is 9.62. The zero-order chi connectivity index (χ0) is 10.9. The first-order chi connectivity index (χ1) is 7.09. The van der Waals surface area contributed by atoms with Crippen LogP contribution in [0.2, 0.25) is 0 Å². The topological polar surface area (TPSA) is 18.5 Å². The molecular formula is C13H18O2. The minimum absolute atomic E-state index is 0.464. The molecular weight excluding hydrogens is 188 g/mol. The fourth-order valence-corrected chi connectivity index (χ4v) is 1.76. The van der Waals surface area contributed by atoms with Crippen molar-refractivity contribution in [3.05, 3.63) is 24.3 Å². The van der Waals surface area contributed by atoms with Gasteiger partial charge in [-0.3, -0.25) is 0 Å². The molecule has 0 fully saturated rings. The SMILES string of the molecule is CC(C)CCC1(C)Oc2ccccc2O1. The third kappa shape index (κ3) is 2.25. The molecule has 1 heterocycles. The van der Waals surface area contributed by atoms with Crippen molar-refractivity contribution in [1.82, 2.24) is 0 Å². The summed E-state index contributed by atoms with van der Waals surface area (Å²) in [7, 11) is 0. The van der Waals surface area contributed by atoms with E-state index in [-0.39, 0.29) is 0 Å². The molecule has 0 bridgehead atoms. The van der Waals surface area contributed by atoms with Crippen LogP contribution in [0.1, 0.15) is 33.6 Å². The van der Waals surface area contributed by atoms with Crippen LogP contribution in [0.4, 0.5) is 0 Å². The van der Waals surface area contributed by atoms with E-state index in [1.165, 1.54) is 0 Å². The van der Waals surface area contributed by atoms with E-state index in [4.69, 9.17) is 9.47 Å². The van der Waals surface area contributed by atoms with Gasteiger partial charge in [-0.05, 0) is 24.5 Å². The van der Waals surface area contributed by atoms with Gasteiger partial charge in [0.2, 0.25) is 5.79 Å². The maximum absolute atomic E-state index is 5.82. The number of para-hydroxylation sites is 2. The molecule has 2 heteroatoms. The molecule has 0 spiro atoms. The van der Waals surface area contributed by atoms with E-state index in [1.807, 2.05) is 31.2 Å². The molecule has 1 aliphatic heterocycles. The Balaban J connectivity index is 2.04. The second-order valence-electron chi connectivity index (χ2n) is 4.72. The molecule has 1 aromatic carbocycles. The maximum atomic E-state index is 5.82. The average Bonchev–Trinajstić information content (AvgIpc) is 2.52. The largest absolute Gasteiger partial charge is 0.449 e. The molecule has 15 heavy (non-hydrogen) atoms. The van der Waals surface area contributed by atoms with Crippen molar-refractivity contribution >= 4 is 0 Å². The third-order valence-corrected chi connectivity index (χ3v) is 2.68. The summed E-state index contributed by atoms with van der Waals surface area (Å²) in [5, 5.41) is 0. The maximum Gasteiger partial charge on any atom is 0.248 e. The van der Waals surface area contributed by atoms with Gasteiger partial charge >= 0.3 is 0 Å². The van der Waals surface area contributed by atoms with Gasteiger partial charge in [0.1, 0.15) is 0 Å². The quantitative estimate of drug-likeness (QED) is 0.752. The third-order valence-electron chi connectivity index (χ3n) is 2.68. The number of rotatable bonds is 3. The van der Waals surface area contributed by atoms with Gasteiger partial charge in [-0.1, -0.05) is 26.0 Å². The Morgan fingerprint density at radius 3 is 2.13 bits per heavy atom. The van der Waals surface area contributed by atoms with Crippen LogP contribution in [0, 0.1) is 5.92 Å².